The van der Waals surface area contributed by atoms with Crippen LogP contribution < -0.4 is 0 Å². The molecule has 3 aliphatic rings. The second-order valence-corrected chi connectivity index (χ2v) is 13.4. The SMILES string of the molecule is CCC(Cc1ccc(C(C)(O)C2CC3CCC2C3)cc1)c1cc(C(C)(C)OC2CCCCC2)ccc1C. The van der Waals surface area contributed by atoms with Crippen molar-refractivity contribution in [2.45, 2.75) is 128 Å². The van der Waals surface area contributed by atoms with Crippen LogP contribution in [0.1, 0.15) is 126 Å². The zero-order chi connectivity index (χ0) is 26.2. The van der Waals surface area contributed by atoms with Crippen molar-refractivity contribution in [3.63, 3.8) is 0 Å². The van der Waals surface area contributed by atoms with Crippen LogP contribution in [-0.4, -0.2) is 11.2 Å². The van der Waals surface area contributed by atoms with Crippen molar-refractivity contribution in [2.75, 3.05) is 0 Å². The number of benzene rings is 2. The topological polar surface area (TPSA) is 29.5 Å². The maximum atomic E-state index is 11.6. The van der Waals surface area contributed by atoms with E-state index >= 15 is 0 Å². The molecule has 1 N–H and O–H groups in total. The van der Waals surface area contributed by atoms with E-state index in [4.69, 9.17) is 4.74 Å². The zero-order valence-electron chi connectivity index (χ0n) is 24.1. The van der Waals surface area contributed by atoms with Crippen LogP contribution in [0.5, 0.6) is 0 Å². The fraction of sp³-hybridized carbons (Fsp3) is 0.657. The molecule has 3 fully saturated rings. The van der Waals surface area contributed by atoms with Crippen molar-refractivity contribution >= 4 is 0 Å². The largest absolute Gasteiger partial charge is 0.385 e. The number of aryl methyl sites for hydroxylation is 1. The Bertz CT molecular complexity index is 1040. The lowest BCUT2D eigenvalue weighted by Crippen LogP contribution is -2.35. The van der Waals surface area contributed by atoms with E-state index < -0.39 is 5.60 Å². The summed E-state index contributed by atoms with van der Waals surface area (Å²) in [6.45, 7) is 11.1. The summed E-state index contributed by atoms with van der Waals surface area (Å²) < 4.78 is 6.67. The van der Waals surface area contributed by atoms with Gasteiger partial charge >= 0.3 is 0 Å². The molecule has 0 aromatic heterocycles. The lowest BCUT2D eigenvalue weighted by Gasteiger charge is -2.36. The molecule has 2 aromatic rings. The first-order valence-corrected chi connectivity index (χ1v) is 15.3. The molecule has 3 aliphatic carbocycles. The van der Waals surface area contributed by atoms with Gasteiger partial charge in [0.1, 0.15) is 0 Å². The molecule has 5 rings (SSSR count). The highest BCUT2D eigenvalue weighted by molar-refractivity contribution is 5.38. The summed E-state index contributed by atoms with van der Waals surface area (Å²) in [5.41, 5.74) is 5.61. The first-order chi connectivity index (χ1) is 17.7. The van der Waals surface area contributed by atoms with Crippen LogP contribution in [0.2, 0.25) is 0 Å². The highest BCUT2D eigenvalue weighted by Crippen LogP contribution is 2.54. The number of rotatable bonds is 9. The predicted molar refractivity (Wildman–Crippen MR) is 154 cm³/mol. The Balaban J connectivity index is 1.30. The maximum Gasteiger partial charge on any atom is 0.0899 e. The summed E-state index contributed by atoms with van der Waals surface area (Å²) in [6, 6.07) is 16.0. The molecule has 2 heteroatoms. The van der Waals surface area contributed by atoms with E-state index in [0.717, 1.165) is 24.3 Å². The number of hydrogen-bond acceptors (Lipinski definition) is 2. The van der Waals surface area contributed by atoms with Crippen molar-refractivity contribution in [1.29, 1.82) is 0 Å². The van der Waals surface area contributed by atoms with Crippen LogP contribution in [0.15, 0.2) is 42.5 Å². The molecular weight excluding hydrogens is 452 g/mol. The van der Waals surface area contributed by atoms with E-state index in [2.05, 4.69) is 77.1 Å². The van der Waals surface area contributed by atoms with Crippen molar-refractivity contribution in [2.24, 2.45) is 17.8 Å². The summed E-state index contributed by atoms with van der Waals surface area (Å²) in [5.74, 6) is 2.46. The minimum Gasteiger partial charge on any atom is -0.385 e. The number of aliphatic hydroxyl groups is 1. The number of hydrogen-bond donors (Lipinski definition) is 1. The molecule has 2 nitrogen and oxygen atoms in total. The Morgan fingerprint density at radius 1 is 0.892 bits per heavy atom. The second-order valence-electron chi connectivity index (χ2n) is 13.4. The van der Waals surface area contributed by atoms with E-state index in [0.29, 0.717) is 23.9 Å². The van der Waals surface area contributed by atoms with Gasteiger partial charge in [-0.2, -0.15) is 0 Å². The van der Waals surface area contributed by atoms with Gasteiger partial charge in [-0.25, -0.2) is 0 Å². The third-order valence-corrected chi connectivity index (χ3v) is 10.4. The Morgan fingerprint density at radius 3 is 2.22 bits per heavy atom. The highest BCUT2D eigenvalue weighted by atomic mass is 16.5. The molecule has 2 aromatic carbocycles. The van der Waals surface area contributed by atoms with Gasteiger partial charge in [-0.1, -0.05) is 75.1 Å². The summed E-state index contributed by atoms with van der Waals surface area (Å²) in [6.07, 6.45) is 14.1. The standard InChI is InChI=1S/C35H50O2/c1-6-27(32-23-30(17-12-24(32)2)34(3,4)37-31-10-8-7-9-11-31)20-25-14-18-29(19-15-25)35(5,36)33-22-26-13-16-28(33)21-26/h12,14-15,17-19,23,26-28,31,33,36H,6-11,13,16,20-22H2,1-5H3. The lowest BCUT2D eigenvalue weighted by molar-refractivity contribution is -0.0889. The Hall–Kier alpha value is -1.64. The molecule has 3 saturated carbocycles. The van der Waals surface area contributed by atoms with Crippen molar-refractivity contribution in [3.05, 3.63) is 70.3 Å². The van der Waals surface area contributed by atoms with Crippen LogP contribution >= 0.6 is 0 Å². The van der Waals surface area contributed by atoms with E-state index in [1.807, 2.05) is 0 Å². The third-order valence-electron chi connectivity index (χ3n) is 10.4. The van der Waals surface area contributed by atoms with E-state index in [1.165, 1.54) is 80.0 Å². The lowest BCUT2D eigenvalue weighted by atomic mass is 9.73. The monoisotopic (exact) mass is 502 g/mol. The molecule has 0 saturated heterocycles. The van der Waals surface area contributed by atoms with Gasteiger partial charge in [-0.15, -0.1) is 0 Å². The van der Waals surface area contributed by atoms with Crippen LogP contribution in [0.3, 0.4) is 0 Å². The summed E-state index contributed by atoms with van der Waals surface area (Å²) in [5, 5.41) is 11.6. The zero-order valence-corrected chi connectivity index (χ0v) is 24.1. The van der Waals surface area contributed by atoms with Gasteiger partial charge in [-0.3, -0.25) is 0 Å². The molecule has 2 bridgehead atoms. The quantitative estimate of drug-likeness (QED) is 0.371. The maximum absolute atomic E-state index is 11.6. The van der Waals surface area contributed by atoms with Crippen LogP contribution in [-0.2, 0) is 22.4 Å². The predicted octanol–water partition coefficient (Wildman–Crippen LogP) is 8.96. The average Bonchev–Trinajstić information content (AvgIpc) is 3.53. The molecule has 202 valence electrons. The smallest absolute Gasteiger partial charge is 0.0899 e. The van der Waals surface area contributed by atoms with E-state index in [9.17, 15) is 5.11 Å². The molecule has 37 heavy (non-hydrogen) atoms. The van der Waals surface area contributed by atoms with Gasteiger partial charge in [-0.05, 0) is 124 Å². The van der Waals surface area contributed by atoms with Gasteiger partial charge in [0.05, 0.1) is 17.3 Å². The summed E-state index contributed by atoms with van der Waals surface area (Å²) in [4.78, 5) is 0. The van der Waals surface area contributed by atoms with Crippen molar-refractivity contribution < 1.29 is 9.84 Å². The Labute approximate surface area is 226 Å². The summed E-state index contributed by atoms with van der Waals surface area (Å²) >= 11 is 0. The molecular formula is C35H50O2. The van der Waals surface area contributed by atoms with Crippen molar-refractivity contribution in [1.82, 2.24) is 0 Å². The van der Waals surface area contributed by atoms with Crippen LogP contribution in [0.25, 0.3) is 0 Å². The third kappa shape index (κ3) is 5.71. The van der Waals surface area contributed by atoms with Gasteiger partial charge in [0, 0.05) is 0 Å². The second kappa shape index (κ2) is 10.9. The first kappa shape index (κ1) is 26.9. The Kier molecular flexibility index (Phi) is 7.90. The minimum absolute atomic E-state index is 0.268. The molecule has 0 heterocycles. The van der Waals surface area contributed by atoms with E-state index in [1.54, 1.807) is 0 Å². The normalized spacial score (nSPS) is 26.8. The Morgan fingerprint density at radius 2 is 1.59 bits per heavy atom. The van der Waals surface area contributed by atoms with Gasteiger partial charge in [0.25, 0.3) is 0 Å². The van der Waals surface area contributed by atoms with Crippen LogP contribution in [0.4, 0.5) is 0 Å². The summed E-state index contributed by atoms with van der Waals surface area (Å²) in [7, 11) is 0. The molecule has 5 atom stereocenters. The number of fused-ring (bicyclic) bond motifs is 2. The average molecular weight is 503 g/mol. The van der Waals surface area contributed by atoms with E-state index in [-0.39, 0.29) is 5.60 Å². The number of ether oxygens (including phenoxy) is 1. The highest BCUT2D eigenvalue weighted by Gasteiger charge is 2.48. The fourth-order valence-electron chi connectivity index (χ4n) is 8.01. The van der Waals surface area contributed by atoms with Gasteiger partial charge in [0.15, 0.2) is 0 Å². The molecule has 0 spiro atoms. The molecule has 0 radical (unpaired) electrons. The van der Waals surface area contributed by atoms with Gasteiger partial charge < -0.3 is 9.84 Å². The van der Waals surface area contributed by atoms with Crippen molar-refractivity contribution in [3.8, 4) is 0 Å². The minimum atomic E-state index is -0.711. The molecule has 0 aliphatic heterocycles. The molecule has 5 unspecified atom stereocenters. The van der Waals surface area contributed by atoms with Crippen LogP contribution in [0, 0.1) is 24.7 Å². The van der Waals surface area contributed by atoms with Gasteiger partial charge in [0.2, 0.25) is 0 Å². The first-order valence-electron chi connectivity index (χ1n) is 15.3. The fourth-order valence-corrected chi connectivity index (χ4v) is 8.01. The molecule has 0 amide bonds.